The predicted octanol–water partition coefficient (Wildman–Crippen LogP) is 4.33. The Morgan fingerprint density at radius 3 is 2.71 bits per heavy atom. The minimum atomic E-state index is -0.255. The fourth-order valence-corrected chi connectivity index (χ4v) is 3.28. The van der Waals surface area contributed by atoms with Gasteiger partial charge in [0.15, 0.2) is 5.78 Å². The van der Waals surface area contributed by atoms with Crippen molar-refractivity contribution in [3.63, 3.8) is 0 Å². The van der Waals surface area contributed by atoms with E-state index in [1.165, 1.54) is 12.1 Å². The average molecular weight is 285 g/mol. The van der Waals surface area contributed by atoms with Crippen LogP contribution in [-0.4, -0.2) is 10.4 Å². The highest BCUT2D eigenvalue weighted by atomic mass is 19.1. The molecule has 2 nitrogen and oxygen atoms in total. The fraction of sp³-hybridized carbons (Fsp3) is 0.389. The molecule has 1 aromatic carbocycles. The van der Waals surface area contributed by atoms with E-state index in [-0.39, 0.29) is 17.0 Å². The second-order valence-corrected chi connectivity index (χ2v) is 6.62. The van der Waals surface area contributed by atoms with Gasteiger partial charge >= 0.3 is 0 Å². The monoisotopic (exact) mass is 285 g/mol. The summed E-state index contributed by atoms with van der Waals surface area (Å²) in [6.07, 6.45) is 4.24. The van der Waals surface area contributed by atoms with E-state index in [4.69, 9.17) is 0 Å². The first-order valence-corrected chi connectivity index (χ1v) is 7.43. The lowest BCUT2D eigenvalue weighted by atomic mass is 9.75. The first-order valence-electron chi connectivity index (χ1n) is 7.43. The predicted molar refractivity (Wildman–Crippen MR) is 81.5 cm³/mol. The van der Waals surface area contributed by atoms with Gasteiger partial charge in [-0.05, 0) is 42.0 Å². The van der Waals surface area contributed by atoms with Crippen molar-refractivity contribution >= 4 is 5.78 Å². The topological polar surface area (TPSA) is 22.0 Å². The zero-order chi connectivity index (χ0) is 15.2. The van der Waals surface area contributed by atoms with E-state index in [2.05, 4.69) is 20.8 Å². The summed E-state index contributed by atoms with van der Waals surface area (Å²) < 4.78 is 15.5. The van der Waals surface area contributed by atoms with Crippen molar-refractivity contribution in [2.24, 2.45) is 5.41 Å². The van der Waals surface area contributed by atoms with Gasteiger partial charge in [0.2, 0.25) is 0 Å². The normalized spacial score (nSPS) is 16.9. The molecule has 1 aromatic heterocycles. The van der Waals surface area contributed by atoms with E-state index in [1.54, 1.807) is 6.07 Å². The molecule has 0 saturated heterocycles. The molecular formula is C18H20FNO. The Kier molecular flexibility index (Phi) is 3.23. The number of hydrogen-bond donors (Lipinski definition) is 0. The first kappa shape index (κ1) is 14.1. The minimum Gasteiger partial charge on any atom is -0.320 e. The molecule has 0 bridgehead atoms. The summed E-state index contributed by atoms with van der Waals surface area (Å²) in [5, 5.41) is 0. The van der Waals surface area contributed by atoms with Crippen LogP contribution in [0.15, 0.2) is 30.5 Å². The van der Waals surface area contributed by atoms with Crippen LogP contribution in [0.1, 0.15) is 48.8 Å². The van der Waals surface area contributed by atoms with Crippen LogP contribution in [0.5, 0.6) is 0 Å². The number of fused-ring (bicyclic) bond motifs is 1. The third-order valence-electron chi connectivity index (χ3n) is 4.22. The van der Waals surface area contributed by atoms with Crippen LogP contribution >= 0.6 is 0 Å². The van der Waals surface area contributed by atoms with Crippen molar-refractivity contribution in [2.45, 2.75) is 40.0 Å². The average Bonchev–Trinajstić information content (AvgIpc) is 2.76. The van der Waals surface area contributed by atoms with Gasteiger partial charge in [-0.1, -0.05) is 26.8 Å². The highest BCUT2D eigenvalue weighted by molar-refractivity contribution is 6.00. The third-order valence-corrected chi connectivity index (χ3v) is 4.22. The van der Waals surface area contributed by atoms with Gasteiger partial charge in [-0.2, -0.15) is 0 Å². The lowest BCUT2D eigenvalue weighted by molar-refractivity contribution is 0.0910. The van der Waals surface area contributed by atoms with E-state index >= 15 is 0 Å². The molecule has 3 heteroatoms. The van der Waals surface area contributed by atoms with Gasteiger partial charge in [-0.25, -0.2) is 4.39 Å². The van der Waals surface area contributed by atoms with E-state index in [0.29, 0.717) is 6.42 Å². The Balaban J connectivity index is 2.22. The molecule has 0 saturated carbocycles. The molecule has 0 fully saturated rings. The molecule has 0 atom stereocenters. The quantitative estimate of drug-likeness (QED) is 0.804. The molecule has 0 N–H and O–H groups in total. The zero-order valence-corrected chi connectivity index (χ0v) is 12.7. The fourth-order valence-electron chi connectivity index (χ4n) is 3.28. The Bertz CT molecular complexity index is 712. The highest BCUT2D eigenvalue weighted by Crippen LogP contribution is 2.38. The number of aryl methyl sites for hydroxylation is 1. The molecule has 0 spiro atoms. The maximum absolute atomic E-state index is 13.5. The van der Waals surface area contributed by atoms with Gasteiger partial charge in [0.1, 0.15) is 5.82 Å². The number of rotatable bonds is 2. The van der Waals surface area contributed by atoms with Crippen molar-refractivity contribution in [3.8, 4) is 5.69 Å². The second-order valence-electron chi connectivity index (χ2n) is 6.62. The minimum absolute atomic E-state index is 0.0431. The summed E-state index contributed by atoms with van der Waals surface area (Å²) in [6.45, 7) is 6.28. The highest BCUT2D eigenvalue weighted by Gasteiger charge is 2.35. The molecule has 1 aliphatic carbocycles. The largest absolute Gasteiger partial charge is 0.320 e. The van der Waals surface area contributed by atoms with E-state index in [9.17, 15) is 9.18 Å². The molecule has 110 valence electrons. The Labute approximate surface area is 124 Å². The number of aromatic nitrogens is 1. The number of carbonyl (C=O) groups is 1. The molecule has 21 heavy (non-hydrogen) atoms. The van der Waals surface area contributed by atoms with Crippen molar-refractivity contribution in [2.75, 3.05) is 0 Å². The number of nitrogens with zero attached hydrogens (tertiary/aromatic N) is 1. The summed E-state index contributed by atoms with van der Waals surface area (Å²) in [5.74, 6) is -0.0392. The van der Waals surface area contributed by atoms with Crippen LogP contribution in [0.2, 0.25) is 0 Å². The number of ketones is 1. The SMILES string of the molecule is CCc1cn(-c2cccc(F)c2)c2c1C(=O)CC(C)(C)C2. The molecule has 0 radical (unpaired) electrons. The van der Waals surface area contributed by atoms with Gasteiger partial charge in [0.05, 0.1) is 0 Å². The van der Waals surface area contributed by atoms with Crippen molar-refractivity contribution in [1.82, 2.24) is 4.57 Å². The number of carbonyl (C=O) groups excluding carboxylic acids is 1. The maximum atomic E-state index is 13.5. The molecular weight excluding hydrogens is 265 g/mol. The number of benzene rings is 1. The second kappa shape index (κ2) is 4.83. The van der Waals surface area contributed by atoms with Gasteiger partial charge in [0.25, 0.3) is 0 Å². The van der Waals surface area contributed by atoms with Crippen LogP contribution in [0, 0.1) is 11.2 Å². The van der Waals surface area contributed by atoms with Gasteiger partial charge in [-0.15, -0.1) is 0 Å². The maximum Gasteiger partial charge on any atom is 0.165 e. The van der Waals surface area contributed by atoms with Crippen LogP contribution < -0.4 is 0 Å². The molecule has 1 aliphatic rings. The van der Waals surface area contributed by atoms with Gasteiger partial charge in [-0.3, -0.25) is 4.79 Å². The molecule has 1 heterocycles. The summed E-state index contributed by atoms with van der Waals surface area (Å²) >= 11 is 0. The van der Waals surface area contributed by atoms with Crippen molar-refractivity contribution in [3.05, 3.63) is 53.1 Å². The van der Waals surface area contributed by atoms with Crippen LogP contribution in [0.4, 0.5) is 4.39 Å². The van der Waals surface area contributed by atoms with E-state index < -0.39 is 0 Å². The summed E-state index contributed by atoms with van der Waals surface area (Å²) in [5.41, 5.74) is 3.70. The lowest BCUT2D eigenvalue weighted by Crippen LogP contribution is -2.28. The Morgan fingerprint density at radius 2 is 2.05 bits per heavy atom. The molecule has 0 amide bonds. The Morgan fingerprint density at radius 1 is 1.29 bits per heavy atom. The van der Waals surface area contributed by atoms with Crippen LogP contribution in [0.3, 0.4) is 0 Å². The first-order chi connectivity index (χ1) is 9.91. The zero-order valence-electron chi connectivity index (χ0n) is 12.7. The molecule has 2 aromatic rings. The third kappa shape index (κ3) is 2.41. The van der Waals surface area contributed by atoms with E-state index in [0.717, 1.165) is 35.3 Å². The smallest absolute Gasteiger partial charge is 0.165 e. The van der Waals surface area contributed by atoms with Crippen molar-refractivity contribution in [1.29, 1.82) is 0 Å². The van der Waals surface area contributed by atoms with Gasteiger partial charge in [0, 0.05) is 29.6 Å². The standard InChI is InChI=1S/C18H20FNO/c1-4-12-11-20(14-7-5-6-13(19)8-14)15-9-18(2,3)10-16(21)17(12)15/h5-8,11H,4,9-10H2,1-3H3. The van der Waals surface area contributed by atoms with Crippen LogP contribution in [0.25, 0.3) is 5.69 Å². The van der Waals surface area contributed by atoms with Gasteiger partial charge < -0.3 is 4.57 Å². The van der Waals surface area contributed by atoms with E-state index in [1.807, 2.05) is 16.8 Å². The summed E-state index contributed by atoms with van der Waals surface area (Å²) in [6, 6.07) is 6.55. The number of Topliss-reactive ketones (excluding diaryl/α,β-unsaturated/α-hetero) is 1. The van der Waals surface area contributed by atoms with Crippen molar-refractivity contribution < 1.29 is 9.18 Å². The number of halogens is 1. The lowest BCUT2D eigenvalue weighted by Gasteiger charge is -2.30. The summed E-state index contributed by atoms with van der Waals surface area (Å²) in [4.78, 5) is 12.5. The molecule has 0 aliphatic heterocycles. The molecule has 0 unspecified atom stereocenters. The van der Waals surface area contributed by atoms with Crippen LogP contribution in [-0.2, 0) is 12.8 Å². The summed E-state index contributed by atoms with van der Waals surface area (Å²) in [7, 11) is 0. The Hall–Kier alpha value is -1.90. The number of hydrogen-bond acceptors (Lipinski definition) is 1. The molecule has 3 rings (SSSR count).